The number of methoxy groups -OCH3 is 1. The van der Waals surface area contributed by atoms with Gasteiger partial charge >= 0.3 is 0 Å². The van der Waals surface area contributed by atoms with Gasteiger partial charge in [-0.3, -0.25) is 19.3 Å². The molecule has 1 N–H and O–H groups in total. The van der Waals surface area contributed by atoms with Crippen LogP contribution in [0.3, 0.4) is 0 Å². The van der Waals surface area contributed by atoms with E-state index in [1.807, 2.05) is 62.4 Å². The maximum absolute atomic E-state index is 14.1. The van der Waals surface area contributed by atoms with Crippen molar-refractivity contribution < 1.29 is 23.9 Å². The second-order valence-electron chi connectivity index (χ2n) is 10.4. The molecule has 0 aromatic heterocycles. The van der Waals surface area contributed by atoms with Crippen LogP contribution < -0.4 is 10.1 Å². The lowest BCUT2D eigenvalue weighted by atomic mass is 9.95. The monoisotopic (exact) mass is 541 g/mol. The van der Waals surface area contributed by atoms with E-state index in [9.17, 15) is 14.4 Å². The Kier molecular flexibility index (Phi) is 7.89. The number of piperidine rings is 1. The summed E-state index contributed by atoms with van der Waals surface area (Å²) >= 11 is 0. The van der Waals surface area contributed by atoms with Crippen molar-refractivity contribution >= 4 is 17.7 Å². The molecule has 1 spiro atoms. The van der Waals surface area contributed by atoms with Gasteiger partial charge in [-0.05, 0) is 55.3 Å². The van der Waals surface area contributed by atoms with Crippen LogP contribution >= 0.6 is 0 Å². The number of aryl methyl sites for hydroxylation is 1. The van der Waals surface area contributed by atoms with E-state index in [1.165, 1.54) is 0 Å². The van der Waals surface area contributed by atoms with Crippen molar-refractivity contribution in [2.45, 2.75) is 44.5 Å². The predicted molar refractivity (Wildman–Crippen MR) is 151 cm³/mol. The highest BCUT2D eigenvalue weighted by Gasteiger charge is 2.54. The van der Waals surface area contributed by atoms with Gasteiger partial charge in [0, 0.05) is 37.1 Å². The largest absolute Gasteiger partial charge is 0.497 e. The number of nitrogens with one attached hydrogen (secondary N) is 1. The minimum absolute atomic E-state index is 0.0849. The van der Waals surface area contributed by atoms with Crippen LogP contribution in [-0.2, 0) is 9.53 Å². The molecule has 3 aromatic carbocycles. The van der Waals surface area contributed by atoms with Crippen LogP contribution in [0.2, 0.25) is 0 Å². The smallest absolute Gasteiger partial charge is 0.257 e. The number of hydrogen-bond acceptors (Lipinski definition) is 5. The van der Waals surface area contributed by atoms with E-state index in [0.29, 0.717) is 42.8 Å². The number of rotatable bonds is 6. The summed E-state index contributed by atoms with van der Waals surface area (Å²) < 4.78 is 11.6. The van der Waals surface area contributed by atoms with Crippen LogP contribution in [0.5, 0.6) is 5.75 Å². The molecule has 0 unspecified atom stereocenters. The van der Waals surface area contributed by atoms with Gasteiger partial charge in [-0.25, -0.2) is 0 Å². The molecule has 2 fully saturated rings. The first-order chi connectivity index (χ1) is 19.3. The number of likely N-dealkylation sites (tertiary alicyclic amines) is 1. The molecule has 5 rings (SSSR count). The first-order valence-corrected chi connectivity index (χ1v) is 13.6. The SMILES string of the molecule is COc1ccc(C(=O)N2CCC3(CC2)OC[C@@H](C(=O)N[C@@H](C)c2ccccc2)N3C(=O)c2ccccc2C)cc1. The fourth-order valence-corrected chi connectivity index (χ4v) is 5.62. The van der Waals surface area contributed by atoms with Gasteiger partial charge in [0.05, 0.1) is 19.8 Å². The summed E-state index contributed by atoms with van der Waals surface area (Å²) in [6, 6.07) is 23.1. The normalized spacial score (nSPS) is 18.8. The van der Waals surface area contributed by atoms with E-state index in [0.717, 1.165) is 11.1 Å². The average molecular weight is 542 g/mol. The third kappa shape index (κ3) is 5.31. The molecule has 40 heavy (non-hydrogen) atoms. The Morgan fingerprint density at radius 2 is 1.57 bits per heavy atom. The topological polar surface area (TPSA) is 88.2 Å². The zero-order valence-corrected chi connectivity index (χ0v) is 23.1. The van der Waals surface area contributed by atoms with Crippen LogP contribution in [0.15, 0.2) is 78.9 Å². The fourth-order valence-electron chi connectivity index (χ4n) is 5.62. The van der Waals surface area contributed by atoms with Crippen LogP contribution in [-0.4, -0.2) is 66.1 Å². The molecule has 2 aliphatic heterocycles. The Morgan fingerprint density at radius 3 is 2.23 bits per heavy atom. The first kappa shape index (κ1) is 27.4. The number of carbonyl (C=O) groups excluding carboxylic acids is 3. The maximum atomic E-state index is 14.1. The number of hydrogen-bond donors (Lipinski definition) is 1. The quantitative estimate of drug-likeness (QED) is 0.501. The Bertz CT molecular complexity index is 1370. The van der Waals surface area contributed by atoms with Crippen molar-refractivity contribution in [2.24, 2.45) is 0 Å². The second kappa shape index (κ2) is 11.5. The Labute approximate surface area is 234 Å². The standard InChI is InChI=1S/C32H35N3O5/c1-22-9-7-8-12-27(22)31(38)35-28(29(36)33-23(2)24-10-5-4-6-11-24)21-40-32(35)17-19-34(20-18-32)30(37)25-13-15-26(39-3)16-14-25/h4-16,23,28H,17-21H2,1-3H3,(H,33,36)/t23-,28-/m0/s1. The molecule has 208 valence electrons. The minimum Gasteiger partial charge on any atom is -0.497 e. The third-order valence-electron chi connectivity index (χ3n) is 7.98. The van der Waals surface area contributed by atoms with Crippen molar-refractivity contribution in [2.75, 3.05) is 26.8 Å². The lowest BCUT2D eigenvalue weighted by Gasteiger charge is -2.44. The third-order valence-corrected chi connectivity index (χ3v) is 7.98. The summed E-state index contributed by atoms with van der Waals surface area (Å²) in [7, 11) is 1.59. The molecule has 3 aromatic rings. The van der Waals surface area contributed by atoms with Gasteiger partial charge in [-0.2, -0.15) is 0 Å². The van der Waals surface area contributed by atoms with Gasteiger partial charge in [0.15, 0.2) is 0 Å². The highest BCUT2D eigenvalue weighted by molar-refractivity contribution is 5.99. The average Bonchev–Trinajstić information content (AvgIpc) is 3.36. The molecule has 2 heterocycles. The Morgan fingerprint density at radius 1 is 0.925 bits per heavy atom. The summed E-state index contributed by atoms with van der Waals surface area (Å²) in [5.74, 6) is 0.105. The number of ether oxygens (including phenoxy) is 2. The zero-order valence-electron chi connectivity index (χ0n) is 23.1. The molecular formula is C32H35N3O5. The molecule has 3 amide bonds. The van der Waals surface area contributed by atoms with Crippen molar-refractivity contribution in [1.29, 1.82) is 0 Å². The van der Waals surface area contributed by atoms with E-state index in [-0.39, 0.29) is 30.4 Å². The van der Waals surface area contributed by atoms with Crippen molar-refractivity contribution in [3.05, 3.63) is 101 Å². The molecule has 0 saturated carbocycles. The molecule has 2 saturated heterocycles. The molecule has 2 aliphatic rings. The predicted octanol–water partition coefficient (Wildman–Crippen LogP) is 4.35. The van der Waals surface area contributed by atoms with E-state index >= 15 is 0 Å². The Balaban J connectivity index is 1.37. The van der Waals surface area contributed by atoms with Crippen LogP contribution in [0.1, 0.15) is 57.7 Å². The van der Waals surface area contributed by atoms with Gasteiger partial charge in [-0.15, -0.1) is 0 Å². The van der Waals surface area contributed by atoms with E-state index in [2.05, 4.69) is 5.32 Å². The number of benzene rings is 3. The number of nitrogens with zero attached hydrogens (tertiary/aromatic N) is 2. The van der Waals surface area contributed by atoms with E-state index in [4.69, 9.17) is 9.47 Å². The number of carbonyl (C=O) groups is 3. The molecule has 0 bridgehead atoms. The van der Waals surface area contributed by atoms with Gasteiger partial charge in [-0.1, -0.05) is 48.5 Å². The Hall–Kier alpha value is -4.17. The fraction of sp³-hybridized carbons (Fsp3) is 0.344. The van der Waals surface area contributed by atoms with Crippen molar-refractivity contribution in [1.82, 2.24) is 15.1 Å². The van der Waals surface area contributed by atoms with Crippen molar-refractivity contribution in [3.8, 4) is 5.75 Å². The molecule has 2 atom stereocenters. The molecule has 8 nitrogen and oxygen atoms in total. The summed E-state index contributed by atoms with van der Waals surface area (Å²) in [6.07, 6.45) is 0.815. The summed E-state index contributed by atoms with van der Waals surface area (Å²) in [4.78, 5) is 44.3. The van der Waals surface area contributed by atoms with Gasteiger partial charge in [0.1, 0.15) is 17.5 Å². The summed E-state index contributed by atoms with van der Waals surface area (Å²) in [5, 5.41) is 3.08. The first-order valence-electron chi connectivity index (χ1n) is 13.6. The highest BCUT2D eigenvalue weighted by Crippen LogP contribution is 2.39. The van der Waals surface area contributed by atoms with E-state index < -0.39 is 11.8 Å². The summed E-state index contributed by atoms with van der Waals surface area (Å²) in [5.41, 5.74) is 1.95. The lowest BCUT2D eigenvalue weighted by molar-refractivity contribution is -0.128. The molecule has 0 radical (unpaired) electrons. The lowest BCUT2D eigenvalue weighted by Crippen LogP contribution is -2.60. The van der Waals surface area contributed by atoms with Crippen LogP contribution in [0, 0.1) is 6.92 Å². The minimum atomic E-state index is -0.978. The maximum Gasteiger partial charge on any atom is 0.257 e. The van der Waals surface area contributed by atoms with Gasteiger partial charge < -0.3 is 19.7 Å². The molecule has 0 aliphatic carbocycles. The van der Waals surface area contributed by atoms with Crippen LogP contribution in [0.25, 0.3) is 0 Å². The van der Waals surface area contributed by atoms with E-state index in [1.54, 1.807) is 47.2 Å². The second-order valence-corrected chi connectivity index (χ2v) is 10.4. The summed E-state index contributed by atoms with van der Waals surface area (Å²) in [6.45, 7) is 4.71. The number of amides is 3. The van der Waals surface area contributed by atoms with Crippen molar-refractivity contribution in [3.63, 3.8) is 0 Å². The molecule has 8 heteroatoms. The van der Waals surface area contributed by atoms with Gasteiger partial charge in [0.2, 0.25) is 5.91 Å². The van der Waals surface area contributed by atoms with Crippen LogP contribution in [0.4, 0.5) is 0 Å². The molecular weight excluding hydrogens is 506 g/mol. The highest BCUT2D eigenvalue weighted by atomic mass is 16.5. The zero-order chi connectivity index (χ0) is 28.3. The van der Waals surface area contributed by atoms with Gasteiger partial charge in [0.25, 0.3) is 11.8 Å².